The molecular weight excluding hydrogens is 598 g/mol. The summed E-state index contributed by atoms with van der Waals surface area (Å²) in [7, 11) is -3.55. The number of Topliss-reactive ketones (excluding diaryl/α,β-unsaturated/α-hetero) is 1. The van der Waals surface area contributed by atoms with Crippen LogP contribution in [-0.2, 0) is 29.0 Å². The van der Waals surface area contributed by atoms with E-state index in [0.717, 1.165) is 19.3 Å². The molecule has 5 amide bonds. The molecule has 13 heteroatoms. The minimum Gasteiger partial charge on any atom is -0.363 e. The Balaban J connectivity index is 1.82. The molecule has 2 aliphatic carbocycles. The summed E-state index contributed by atoms with van der Waals surface area (Å²) in [4.78, 5) is 67.4. The highest BCUT2D eigenvalue weighted by molar-refractivity contribution is 7.92. The molecule has 6 atom stereocenters. The molecule has 5 N–H and O–H groups in total. The number of urea groups is 1. The summed E-state index contributed by atoms with van der Waals surface area (Å²) < 4.78 is 24.8. The Morgan fingerprint density at radius 1 is 0.956 bits per heavy atom. The molecule has 3 aliphatic rings. The van der Waals surface area contributed by atoms with Crippen molar-refractivity contribution in [1.82, 2.24) is 20.9 Å². The lowest BCUT2D eigenvalue weighted by Gasteiger charge is -2.38. The molecule has 3 unspecified atom stereocenters. The first-order valence-corrected chi connectivity index (χ1v) is 17.8. The average molecular weight is 654 g/mol. The van der Waals surface area contributed by atoms with Crippen molar-refractivity contribution >= 4 is 39.4 Å². The molecule has 1 aliphatic heterocycles. The summed E-state index contributed by atoms with van der Waals surface area (Å²) in [6, 6.07) is -4.36. The van der Waals surface area contributed by atoms with Gasteiger partial charge in [-0.2, -0.15) is 0 Å². The van der Waals surface area contributed by atoms with Gasteiger partial charge < -0.3 is 26.6 Å². The van der Waals surface area contributed by atoms with Crippen LogP contribution in [0.4, 0.5) is 4.79 Å². The van der Waals surface area contributed by atoms with Gasteiger partial charge in [-0.1, -0.05) is 67.7 Å². The Hall–Kier alpha value is -2.70. The van der Waals surface area contributed by atoms with Crippen molar-refractivity contribution in [3.63, 3.8) is 0 Å². The monoisotopic (exact) mass is 653 g/mol. The highest BCUT2D eigenvalue weighted by Crippen LogP contribution is 2.65. The minimum absolute atomic E-state index is 0.0523. The van der Waals surface area contributed by atoms with Gasteiger partial charge >= 0.3 is 6.03 Å². The van der Waals surface area contributed by atoms with Crippen LogP contribution in [0.25, 0.3) is 0 Å². The van der Waals surface area contributed by atoms with Crippen molar-refractivity contribution < 1.29 is 32.4 Å². The van der Waals surface area contributed by atoms with Gasteiger partial charge in [0.1, 0.15) is 12.1 Å². The Morgan fingerprint density at radius 2 is 1.53 bits per heavy atom. The zero-order valence-corrected chi connectivity index (χ0v) is 29.5. The van der Waals surface area contributed by atoms with Crippen molar-refractivity contribution in [3.8, 4) is 0 Å². The lowest BCUT2D eigenvalue weighted by Crippen LogP contribution is -2.62. The first kappa shape index (κ1) is 36.8. The van der Waals surface area contributed by atoms with Crippen molar-refractivity contribution in [2.24, 2.45) is 40.2 Å². The standard InChI is InChI=1S/C32H55N5O7S/c1-17(2)21(16-45(43,44)31(6,7)8)35-29(42)36-25(30(3,4)5)28(41)37-15-19-22(32(19,9)10)23(37)27(40)34-20(24(38)26(33)39)14-18-12-11-13-18/h17-23,25H,11-16H2,1-10H3,(H2,33,39)(H,34,40)(H2,35,36,42)/t19?,20?,21-,22?,23+,25-/m1/s1. The van der Waals surface area contributed by atoms with E-state index in [-0.39, 0.29) is 34.8 Å². The third-order valence-electron chi connectivity index (χ3n) is 10.3. The lowest BCUT2D eigenvalue weighted by molar-refractivity contribution is -0.145. The largest absolute Gasteiger partial charge is 0.363 e. The maximum Gasteiger partial charge on any atom is 0.315 e. The molecule has 0 aromatic rings. The molecule has 256 valence electrons. The average Bonchev–Trinajstić information content (AvgIpc) is 3.19. The number of likely N-dealkylation sites (tertiary alicyclic amines) is 1. The number of carbonyl (C=O) groups excluding carboxylic acids is 5. The highest BCUT2D eigenvalue weighted by Gasteiger charge is 2.70. The van der Waals surface area contributed by atoms with Crippen molar-refractivity contribution in [2.45, 2.75) is 124 Å². The molecule has 0 aromatic carbocycles. The molecular formula is C32H55N5O7S. The van der Waals surface area contributed by atoms with E-state index in [1.54, 1.807) is 41.5 Å². The lowest BCUT2D eigenvalue weighted by atomic mass is 9.80. The second kappa shape index (κ2) is 12.8. The van der Waals surface area contributed by atoms with Crippen LogP contribution >= 0.6 is 0 Å². The summed E-state index contributed by atoms with van der Waals surface area (Å²) in [5.74, 6) is -3.26. The van der Waals surface area contributed by atoms with Gasteiger partial charge in [-0.05, 0) is 61.7 Å². The van der Waals surface area contributed by atoms with E-state index in [2.05, 4.69) is 16.0 Å². The Kier molecular flexibility index (Phi) is 10.5. The van der Waals surface area contributed by atoms with Crippen molar-refractivity contribution in [1.29, 1.82) is 0 Å². The second-order valence-corrected chi connectivity index (χ2v) is 19.2. The smallest absolute Gasteiger partial charge is 0.315 e. The first-order valence-electron chi connectivity index (χ1n) is 16.1. The van der Waals surface area contributed by atoms with E-state index in [0.29, 0.717) is 13.0 Å². The summed E-state index contributed by atoms with van der Waals surface area (Å²) in [5, 5.41) is 8.33. The zero-order valence-electron chi connectivity index (χ0n) is 28.7. The normalized spacial score (nSPS) is 25.0. The third-order valence-corrected chi connectivity index (χ3v) is 12.9. The van der Waals surface area contributed by atoms with E-state index < -0.39 is 73.7 Å². The van der Waals surface area contributed by atoms with Gasteiger partial charge in [0.2, 0.25) is 17.6 Å². The SMILES string of the molecule is CC(C)[C@@H](CS(=O)(=O)C(C)(C)C)NC(=O)N[C@H](C(=O)N1CC2C([C@H]1C(=O)NC(CC1CCC1)C(=O)C(N)=O)C2(C)C)C(C)(C)C. The number of piperidine rings is 1. The quantitative estimate of drug-likeness (QED) is 0.233. The maximum absolute atomic E-state index is 14.2. The Labute approximate surface area is 268 Å². The van der Waals surface area contributed by atoms with E-state index in [4.69, 9.17) is 5.73 Å². The molecule has 2 saturated carbocycles. The summed E-state index contributed by atoms with van der Waals surface area (Å²) in [6.45, 7) is 18.3. The van der Waals surface area contributed by atoms with Gasteiger partial charge in [0, 0.05) is 12.6 Å². The van der Waals surface area contributed by atoms with Gasteiger partial charge in [-0.25, -0.2) is 13.2 Å². The van der Waals surface area contributed by atoms with Gasteiger partial charge in [0.25, 0.3) is 5.91 Å². The number of rotatable bonds is 12. The van der Waals surface area contributed by atoms with Crippen LogP contribution < -0.4 is 21.7 Å². The van der Waals surface area contributed by atoms with Gasteiger partial charge in [-0.3, -0.25) is 19.2 Å². The highest BCUT2D eigenvalue weighted by atomic mass is 32.2. The van der Waals surface area contributed by atoms with E-state index in [1.165, 1.54) is 4.90 Å². The number of primary amides is 1. The Morgan fingerprint density at radius 3 is 1.98 bits per heavy atom. The number of nitrogens with two attached hydrogens (primary N) is 1. The van der Waals surface area contributed by atoms with Crippen LogP contribution in [0.2, 0.25) is 0 Å². The molecule has 0 bridgehead atoms. The molecule has 3 rings (SSSR count). The molecule has 0 spiro atoms. The van der Waals surface area contributed by atoms with E-state index in [1.807, 2.05) is 27.7 Å². The number of amides is 5. The van der Waals surface area contributed by atoms with E-state index in [9.17, 15) is 32.4 Å². The maximum atomic E-state index is 14.2. The fourth-order valence-corrected chi connectivity index (χ4v) is 8.02. The van der Waals surface area contributed by atoms with Gasteiger partial charge in [0.05, 0.1) is 16.5 Å². The fraction of sp³-hybridized carbons (Fsp3) is 0.844. The van der Waals surface area contributed by atoms with Crippen LogP contribution in [-0.4, -0.2) is 84.1 Å². The van der Waals surface area contributed by atoms with E-state index >= 15 is 0 Å². The summed E-state index contributed by atoms with van der Waals surface area (Å²) in [5.41, 5.74) is 4.34. The minimum atomic E-state index is -3.55. The predicted molar refractivity (Wildman–Crippen MR) is 171 cm³/mol. The van der Waals surface area contributed by atoms with Gasteiger partial charge in [-0.15, -0.1) is 0 Å². The third kappa shape index (κ3) is 8.00. The van der Waals surface area contributed by atoms with Crippen LogP contribution in [0.1, 0.15) is 94.9 Å². The zero-order chi connectivity index (χ0) is 34.4. The van der Waals surface area contributed by atoms with Crippen LogP contribution in [0, 0.1) is 34.5 Å². The molecule has 1 saturated heterocycles. The number of nitrogens with one attached hydrogen (secondary N) is 3. The summed E-state index contributed by atoms with van der Waals surface area (Å²) >= 11 is 0. The molecule has 1 heterocycles. The number of sulfone groups is 1. The van der Waals surface area contributed by atoms with Gasteiger partial charge in [0.15, 0.2) is 9.84 Å². The number of carbonyl (C=O) groups is 5. The fourth-order valence-electron chi connectivity index (χ4n) is 6.58. The number of hydrogen-bond donors (Lipinski definition) is 4. The molecule has 0 radical (unpaired) electrons. The number of fused-ring (bicyclic) bond motifs is 1. The molecule has 3 fully saturated rings. The van der Waals surface area contributed by atoms with Crippen LogP contribution in [0.15, 0.2) is 0 Å². The van der Waals surface area contributed by atoms with Crippen molar-refractivity contribution in [3.05, 3.63) is 0 Å². The van der Waals surface area contributed by atoms with Crippen LogP contribution in [0.5, 0.6) is 0 Å². The number of hydrogen-bond acceptors (Lipinski definition) is 7. The topological polar surface area (TPSA) is 185 Å². The molecule has 12 nitrogen and oxygen atoms in total. The summed E-state index contributed by atoms with van der Waals surface area (Å²) in [6.07, 6.45) is 3.16. The first-order chi connectivity index (χ1) is 20.4. The molecule has 0 aromatic heterocycles. The van der Waals surface area contributed by atoms with Crippen molar-refractivity contribution in [2.75, 3.05) is 12.3 Å². The molecule has 45 heavy (non-hydrogen) atoms. The number of ketones is 1. The van der Waals surface area contributed by atoms with Crippen LogP contribution in [0.3, 0.4) is 0 Å². The Bertz CT molecular complexity index is 1290. The second-order valence-electron chi connectivity index (χ2n) is 16.4. The predicted octanol–water partition coefficient (Wildman–Crippen LogP) is 2.15. The number of nitrogens with zero attached hydrogens (tertiary/aromatic N) is 1.